The van der Waals surface area contributed by atoms with Gasteiger partial charge in [-0.25, -0.2) is 4.98 Å². The molecule has 0 aliphatic carbocycles. The van der Waals surface area contributed by atoms with Crippen molar-refractivity contribution >= 4 is 11.8 Å². The van der Waals surface area contributed by atoms with Crippen LogP contribution in [-0.2, 0) is 9.47 Å². The molecule has 1 aromatic heterocycles. The lowest BCUT2D eigenvalue weighted by molar-refractivity contribution is 0.0269. The van der Waals surface area contributed by atoms with E-state index in [-0.39, 0.29) is 6.10 Å². The molecule has 0 radical (unpaired) electrons. The van der Waals surface area contributed by atoms with Gasteiger partial charge in [-0.3, -0.25) is 4.90 Å². The molecule has 3 aliphatic heterocycles. The zero-order valence-corrected chi connectivity index (χ0v) is 15.3. The molecule has 138 valence electrons. The summed E-state index contributed by atoms with van der Waals surface area (Å²) in [5, 5.41) is 0. The maximum Gasteiger partial charge on any atom is 0.226 e. The molecular weight excluding hydrogens is 318 g/mol. The number of ether oxygens (including phenoxy) is 2. The van der Waals surface area contributed by atoms with Crippen LogP contribution < -0.4 is 9.80 Å². The van der Waals surface area contributed by atoms with Crippen LogP contribution >= 0.6 is 0 Å². The Morgan fingerprint density at radius 3 is 2.84 bits per heavy atom. The lowest BCUT2D eigenvalue weighted by Gasteiger charge is -2.38. The van der Waals surface area contributed by atoms with Gasteiger partial charge in [-0.1, -0.05) is 0 Å². The van der Waals surface area contributed by atoms with Gasteiger partial charge in [0.25, 0.3) is 0 Å². The fourth-order valence-electron chi connectivity index (χ4n) is 4.21. The summed E-state index contributed by atoms with van der Waals surface area (Å²) in [6.07, 6.45) is 4.52. The third-order valence-corrected chi connectivity index (χ3v) is 5.56. The molecule has 7 nitrogen and oxygen atoms in total. The summed E-state index contributed by atoms with van der Waals surface area (Å²) in [6, 6.07) is 2.41. The first-order chi connectivity index (χ1) is 12.2. The monoisotopic (exact) mass is 347 g/mol. The van der Waals surface area contributed by atoms with Crippen molar-refractivity contribution in [1.82, 2.24) is 14.9 Å². The molecule has 3 fully saturated rings. The van der Waals surface area contributed by atoms with Crippen LogP contribution in [0.4, 0.5) is 11.8 Å². The summed E-state index contributed by atoms with van der Waals surface area (Å²) in [5.74, 6) is 2.55. The number of fused-ring (bicyclic) bond motifs is 1. The molecule has 0 aromatic carbocycles. The fraction of sp³-hybridized carbons (Fsp3) is 0.778. The number of rotatable bonds is 4. The summed E-state index contributed by atoms with van der Waals surface area (Å²) in [6.45, 7) is 6.77. The molecule has 0 amide bonds. The van der Waals surface area contributed by atoms with Gasteiger partial charge in [0.05, 0.1) is 18.8 Å². The first kappa shape index (κ1) is 17.0. The molecule has 0 bridgehead atoms. The van der Waals surface area contributed by atoms with Crippen molar-refractivity contribution in [2.24, 2.45) is 5.92 Å². The van der Waals surface area contributed by atoms with Crippen molar-refractivity contribution in [2.45, 2.75) is 25.0 Å². The number of aromatic nitrogens is 2. The molecule has 1 aromatic rings. The number of anilines is 2. The first-order valence-electron chi connectivity index (χ1n) is 9.39. The number of morpholine rings is 1. The van der Waals surface area contributed by atoms with Gasteiger partial charge in [0.15, 0.2) is 0 Å². The van der Waals surface area contributed by atoms with E-state index in [2.05, 4.69) is 14.8 Å². The second-order valence-corrected chi connectivity index (χ2v) is 7.55. The quantitative estimate of drug-likeness (QED) is 0.801. The number of likely N-dealkylation sites (tertiary alicyclic amines) is 1. The van der Waals surface area contributed by atoms with Crippen LogP contribution in [0.3, 0.4) is 0 Å². The van der Waals surface area contributed by atoms with Crippen LogP contribution in [0, 0.1) is 5.92 Å². The topological polar surface area (TPSA) is 54.0 Å². The SMILES string of the molecule is CN(C)c1nccc(N2CCO[C@@H]3CN(CC4CCOCC4)C[C@@H]32)n1. The Labute approximate surface area is 149 Å². The Hall–Kier alpha value is -1.44. The zero-order valence-electron chi connectivity index (χ0n) is 15.3. The van der Waals surface area contributed by atoms with Gasteiger partial charge in [-0.2, -0.15) is 4.98 Å². The Morgan fingerprint density at radius 1 is 1.20 bits per heavy atom. The molecule has 3 aliphatic rings. The van der Waals surface area contributed by atoms with Gasteiger partial charge in [-0.05, 0) is 24.8 Å². The van der Waals surface area contributed by atoms with Gasteiger partial charge in [0.2, 0.25) is 5.95 Å². The highest BCUT2D eigenvalue weighted by molar-refractivity contribution is 5.45. The maximum absolute atomic E-state index is 6.09. The normalized spacial score (nSPS) is 28.2. The van der Waals surface area contributed by atoms with Crippen LogP contribution in [-0.4, -0.2) is 87.1 Å². The molecule has 0 saturated carbocycles. The highest BCUT2D eigenvalue weighted by Gasteiger charge is 2.41. The van der Waals surface area contributed by atoms with Crippen LogP contribution in [0.2, 0.25) is 0 Å². The van der Waals surface area contributed by atoms with Crippen molar-refractivity contribution in [3.8, 4) is 0 Å². The van der Waals surface area contributed by atoms with Gasteiger partial charge in [-0.15, -0.1) is 0 Å². The van der Waals surface area contributed by atoms with E-state index in [0.29, 0.717) is 6.04 Å². The van der Waals surface area contributed by atoms with Crippen LogP contribution in [0.15, 0.2) is 12.3 Å². The Balaban J connectivity index is 1.45. The molecule has 7 heteroatoms. The Morgan fingerprint density at radius 2 is 2.04 bits per heavy atom. The molecule has 4 heterocycles. The minimum absolute atomic E-state index is 0.284. The fourth-order valence-corrected chi connectivity index (χ4v) is 4.21. The van der Waals surface area contributed by atoms with Gasteiger partial charge < -0.3 is 19.3 Å². The highest BCUT2D eigenvalue weighted by Crippen LogP contribution is 2.29. The van der Waals surface area contributed by atoms with Gasteiger partial charge >= 0.3 is 0 Å². The van der Waals surface area contributed by atoms with Crippen LogP contribution in [0.1, 0.15) is 12.8 Å². The van der Waals surface area contributed by atoms with Gasteiger partial charge in [0, 0.05) is 59.7 Å². The minimum Gasteiger partial charge on any atom is -0.381 e. The second-order valence-electron chi connectivity index (χ2n) is 7.55. The van der Waals surface area contributed by atoms with E-state index in [1.165, 1.54) is 19.4 Å². The van der Waals surface area contributed by atoms with Crippen LogP contribution in [0.5, 0.6) is 0 Å². The maximum atomic E-state index is 6.09. The average molecular weight is 347 g/mol. The lowest BCUT2D eigenvalue weighted by Crippen LogP contribution is -2.51. The summed E-state index contributed by atoms with van der Waals surface area (Å²) in [5.41, 5.74) is 0. The van der Waals surface area contributed by atoms with E-state index >= 15 is 0 Å². The van der Waals surface area contributed by atoms with E-state index in [9.17, 15) is 0 Å². The first-order valence-corrected chi connectivity index (χ1v) is 9.39. The Kier molecular flexibility index (Phi) is 5.05. The lowest BCUT2D eigenvalue weighted by atomic mass is 10.00. The summed E-state index contributed by atoms with van der Waals surface area (Å²) < 4.78 is 11.6. The molecule has 0 N–H and O–H groups in total. The largest absolute Gasteiger partial charge is 0.381 e. The number of hydrogen-bond donors (Lipinski definition) is 0. The van der Waals surface area contributed by atoms with E-state index < -0.39 is 0 Å². The summed E-state index contributed by atoms with van der Waals surface area (Å²) in [4.78, 5) is 16.0. The van der Waals surface area contributed by atoms with Gasteiger partial charge in [0.1, 0.15) is 5.82 Å². The second kappa shape index (κ2) is 7.43. The van der Waals surface area contributed by atoms with Crippen molar-refractivity contribution in [3.05, 3.63) is 12.3 Å². The predicted molar refractivity (Wildman–Crippen MR) is 97.2 cm³/mol. The van der Waals surface area contributed by atoms with Crippen molar-refractivity contribution in [3.63, 3.8) is 0 Å². The van der Waals surface area contributed by atoms with Crippen molar-refractivity contribution in [1.29, 1.82) is 0 Å². The van der Waals surface area contributed by atoms with E-state index in [1.54, 1.807) is 0 Å². The van der Waals surface area contributed by atoms with E-state index in [0.717, 1.165) is 57.1 Å². The molecule has 0 unspecified atom stereocenters. The summed E-state index contributed by atoms with van der Waals surface area (Å²) >= 11 is 0. The highest BCUT2D eigenvalue weighted by atomic mass is 16.5. The third-order valence-electron chi connectivity index (χ3n) is 5.56. The standard InChI is InChI=1S/C18H29N5O2/c1-21(2)18-19-6-3-17(20-18)23-7-10-25-16-13-22(12-15(16)23)11-14-4-8-24-9-5-14/h3,6,14-16H,4-5,7-13H2,1-2H3/t15-,16+/m0/s1. The minimum atomic E-state index is 0.284. The number of hydrogen-bond acceptors (Lipinski definition) is 7. The predicted octanol–water partition coefficient (Wildman–Crippen LogP) is 0.859. The van der Waals surface area contributed by atoms with E-state index in [1.807, 2.05) is 31.3 Å². The Bertz CT molecular complexity index is 578. The van der Waals surface area contributed by atoms with E-state index in [4.69, 9.17) is 14.5 Å². The third kappa shape index (κ3) is 3.73. The molecule has 2 atom stereocenters. The molecule has 4 rings (SSSR count). The summed E-state index contributed by atoms with van der Waals surface area (Å²) in [7, 11) is 3.96. The molecular formula is C18H29N5O2. The van der Waals surface area contributed by atoms with Crippen molar-refractivity contribution in [2.75, 3.05) is 69.9 Å². The zero-order chi connectivity index (χ0) is 17.2. The molecule has 3 saturated heterocycles. The molecule has 25 heavy (non-hydrogen) atoms. The molecule has 0 spiro atoms. The smallest absolute Gasteiger partial charge is 0.226 e. The average Bonchev–Trinajstić information content (AvgIpc) is 3.05. The number of nitrogens with zero attached hydrogens (tertiary/aromatic N) is 5. The van der Waals surface area contributed by atoms with Crippen LogP contribution in [0.25, 0.3) is 0 Å². The van der Waals surface area contributed by atoms with Crippen molar-refractivity contribution < 1.29 is 9.47 Å².